The van der Waals surface area contributed by atoms with Gasteiger partial charge in [-0.3, -0.25) is 0 Å². The first-order chi connectivity index (χ1) is 9.10. The van der Waals surface area contributed by atoms with Gasteiger partial charge in [-0.05, 0) is 24.0 Å². The van der Waals surface area contributed by atoms with Crippen molar-refractivity contribution < 1.29 is 20.4 Å². The number of fused-ring (bicyclic) bond motifs is 3. The van der Waals surface area contributed by atoms with Gasteiger partial charge in [-0.1, -0.05) is 24.3 Å². The Morgan fingerprint density at radius 2 is 1.84 bits per heavy atom. The van der Waals surface area contributed by atoms with E-state index in [-0.39, 0.29) is 18.9 Å². The highest BCUT2D eigenvalue weighted by Gasteiger charge is 2.56. The molecule has 0 heterocycles. The second-order valence-electron chi connectivity index (χ2n) is 5.88. The zero-order valence-electron chi connectivity index (χ0n) is 10.7. The van der Waals surface area contributed by atoms with Gasteiger partial charge in [0.05, 0.1) is 24.9 Å². The average Bonchev–Trinajstić information content (AvgIpc) is 2.43. The molecule has 4 heteroatoms. The fourth-order valence-corrected chi connectivity index (χ4v) is 3.99. The normalized spacial score (nSPS) is 41.5. The van der Waals surface area contributed by atoms with Crippen molar-refractivity contribution in [2.45, 2.75) is 43.5 Å². The molecule has 0 spiro atoms. The highest BCUT2D eigenvalue weighted by atomic mass is 16.3. The number of aliphatic hydroxyl groups excluding tert-OH is 4. The summed E-state index contributed by atoms with van der Waals surface area (Å²) in [4.78, 5) is 0. The van der Waals surface area contributed by atoms with Gasteiger partial charge < -0.3 is 20.4 Å². The van der Waals surface area contributed by atoms with Crippen LogP contribution < -0.4 is 0 Å². The number of aryl methyl sites for hydroxylation is 1. The molecule has 1 aromatic carbocycles. The predicted octanol–water partition coefficient (Wildman–Crippen LogP) is 0.181. The van der Waals surface area contributed by atoms with E-state index >= 15 is 0 Å². The van der Waals surface area contributed by atoms with E-state index < -0.39 is 23.7 Å². The summed E-state index contributed by atoms with van der Waals surface area (Å²) in [6.45, 7) is -0.221. The van der Waals surface area contributed by atoms with Crippen molar-refractivity contribution in [1.82, 2.24) is 0 Å². The van der Waals surface area contributed by atoms with Crippen LogP contribution in [-0.4, -0.2) is 45.3 Å². The molecule has 0 aliphatic heterocycles. The third kappa shape index (κ3) is 1.75. The molecule has 1 saturated carbocycles. The number of hydrogen-bond acceptors (Lipinski definition) is 4. The Bertz CT molecular complexity index is 475. The Morgan fingerprint density at radius 3 is 2.58 bits per heavy atom. The number of benzene rings is 1. The summed E-state index contributed by atoms with van der Waals surface area (Å²) >= 11 is 0. The molecule has 104 valence electrons. The predicted molar refractivity (Wildman–Crippen MR) is 69.7 cm³/mol. The maximum Gasteiger partial charge on any atom is 0.0885 e. The molecule has 4 nitrogen and oxygen atoms in total. The number of aliphatic hydroxyl groups is 4. The monoisotopic (exact) mass is 264 g/mol. The molecular weight excluding hydrogens is 244 g/mol. The third-order valence-corrected chi connectivity index (χ3v) is 4.98. The van der Waals surface area contributed by atoms with E-state index in [4.69, 9.17) is 0 Å². The van der Waals surface area contributed by atoms with Gasteiger partial charge in [-0.2, -0.15) is 0 Å². The fourth-order valence-electron chi connectivity index (χ4n) is 3.99. The molecule has 1 fully saturated rings. The van der Waals surface area contributed by atoms with Crippen molar-refractivity contribution >= 4 is 0 Å². The molecule has 2 aliphatic carbocycles. The summed E-state index contributed by atoms with van der Waals surface area (Å²) in [5.74, 6) is -0.305. The van der Waals surface area contributed by atoms with Crippen molar-refractivity contribution in [1.29, 1.82) is 0 Å². The minimum absolute atomic E-state index is 0.155. The van der Waals surface area contributed by atoms with Gasteiger partial charge in [0.1, 0.15) is 0 Å². The Morgan fingerprint density at radius 1 is 1.11 bits per heavy atom. The molecule has 0 radical (unpaired) electrons. The lowest BCUT2D eigenvalue weighted by atomic mass is 9.55. The van der Waals surface area contributed by atoms with Gasteiger partial charge in [-0.25, -0.2) is 0 Å². The summed E-state index contributed by atoms with van der Waals surface area (Å²) in [5.41, 5.74) is 1.34. The molecule has 0 aromatic heterocycles. The van der Waals surface area contributed by atoms with Gasteiger partial charge in [0.15, 0.2) is 0 Å². The highest BCUT2D eigenvalue weighted by Crippen LogP contribution is 2.53. The largest absolute Gasteiger partial charge is 0.396 e. The molecule has 0 unspecified atom stereocenters. The zero-order chi connectivity index (χ0) is 13.6. The van der Waals surface area contributed by atoms with E-state index in [0.29, 0.717) is 6.42 Å². The van der Waals surface area contributed by atoms with Crippen molar-refractivity contribution in [2.75, 3.05) is 6.61 Å². The molecule has 19 heavy (non-hydrogen) atoms. The first-order valence-electron chi connectivity index (χ1n) is 6.83. The summed E-state index contributed by atoms with van der Waals surface area (Å²) < 4.78 is 0. The lowest BCUT2D eigenvalue weighted by molar-refractivity contribution is -0.166. The standard InChI is InChI=1S/C15H20O4/c16-8-15-6-5-9-3-1-2-4-10(9)13(15)11(17)7-12(18)14(15)19/h1-4,11-14,16-19H,5-8H2/t11-,12-,13-,14-,15+/m1/s1. The van der Waals surface area contributed by atoms with Crippen LogP contribution in [0.5, 0.6) is 0 Å². The minimum Gasteiger partial charge on any atom is -0.396 e. The van der Waals surface area contributed by atoms with Gasteiger partial charge in [0, 0.05) is 17.8 Å². The van der Waals surface area contributed by atoms with E-state index in [0.717, 1.165) is 12.0 Å². The van der Waals surface area contributed by atoms with Crippen LogP contribution >= 0.6 is 0 Å². The van der Waals surface area contributed by atoms with E-state index in [9.17, 15) is 20.4 Å². The highest BCUT2D eigenvalue weighted by molar-refractivity contribution is 5.37. The lowest BCUT2D eigenvalue weighted by Crippen LogP contribution is -2.59. The van der Waals surface area contributed by atoms with Crippen LogP contribution in [0.2, 0.25) is 0 Å². The average molecular weight is 264 g/mol. The van der Waals surface area contributed by atoms with Gasteiger partial charge >= 0.3 is 0 Å². The molecule has 0 bridgehead atoms. The van der Waals surface area contributed by atoms with Crippen LogP contribution in [0, 0.1) is 5.41 Å². The molecule has 2 aliphatic rings. The fraction of sp³-hybridized carbons (Fsp3) is 0.600. The maximum absolute atomic E-state index is 10.4. The van der Waals surface area contributed by atoms with Crippen LogP contribution in [0.25, 0.3) is 0 Å². The second-order valence-corrected chi connectivity index (χ2v) is 5.88. The van der Waals surface area contributed by atoms with E-state index in [1.165, 1.54) is 5.56 Å². The molecule has 4 N–H and O–H groups in total. The van der Waals surface area contributed by atoms with Crippen LogP contribution in [0.1, 0.15) is 29.9 Å². The summed E-state index contributed by atoms with van der Waals surface area (Å²) in [6.07, 6.45) is -1.19. The first-order valence-corrected chi connectivity index (χ1v) is 6.83. The Labute approximate surface area is 112 Å². The lowest BCUT2D eigenvalue weighted by Gasteiger charge is -2.53. The van der Waals surface area contributed by atoms with E-state index in [1.54, 1.807) is 0 Å². The SMILES string of the molecule is OC[C@@]12CCc3ccccc3[C@@H]1[C@H](O)C[C@@H](O)[C@H]2O. The smallest absolute Gasteiger partial charge is 0.0885 e. The van der Waals surface area contributed by atoms with Crippen molar-refractivity contribution in [3.63, 3.8) is 0 Å². The quantitative estimate of drug-likeness (QED) is 0.583. The Kier molecular flexibility index (Phi) is 3.14. The van der Waals surface area contributed by atoms with Gasteiger partial charge in [0.2, 0.25) is 0 Å². The maximum atomic E-state index is 10.4. The Balaban J connectivity index is 2.12. The molecule has 0 amide bonds. The van der Waals surface area contributed by atoms with Crippen molar-refractivity contribution in [2.24, 2.45) is 5.41 Å². The van der Waals surface area contributed by atoms with Gasteiger partial charge in [-0.15, -0.1) is 0 Å². The topological polar surface area (TPSA) is 80.9 Å². The van der Waals surface area contributed by atoms with Gasteiger partial charge in [0.25, 0.3) is 0 Å². The van der Waals surface area contributed by atoms with Crippen LogP contribution in [0.4, 0.5) is 0 Å². The summed E-state index contributed by atoms with van der Waals surface area (Å²) in [6, 6.07) is 7.86. The first kappa shape index (κ1) is 13.1. The molecule has 1 aromatic rings. The van der Waals surface area contributed by atoms with Crippen LogP contribution in [0.15, 0.2) is 24.3 Å². The van der Waals surface area contributed by atoms with Crippen molar-refractivity contribution in [3.8, 4) is 0 Å². The minimum atomic E-state index is -0.987. The molecule has 3 rings (SSSR count). The number of rotatable bonds is 1. The van der Waals surface area contributed by atoms with Crippen LogP contribution in [0.3, 0.4) is 0 Å². The Hall–Kier alpha value is -0.940. The van der Waals surface area contributed by atoms with E-state index in [1.807, 2.05) is 24.3 Å². The molecule has 5 atom stereocenters. The zero-order valence-corrected chi connectivity index (χ0v) is 10.7. The van der Waals surface area contributed by atoms with Crippen LogP contribution in [-0.2, 0) is 6.42 Å². The third-order valence-electron chi connectivity index (χ3n) is 4.98. The summed E-state index contributed by atoms with van der Waals surface area (Å²) in [7, 11) is 0. The number of hydrogen-bond donors (Lipinski definition) is 4. The second kappa shape index (κ2) is 4.56. The molecule has 0 saturated heterocycles. The summed E-state index contributed by atoms with van der Waals surface area (Å²) in [5, 5.41) is 40.4. The van der Waals surface area contributed by atoms with Crippen molar-refractivity contribution in [3.05, 3.63) is 35.4 Å². The molecular formula is C15H20O4. The van der Waals surface area contributed by atoms with E-state index in [2.05, 4.69) is 0 Å².